The lowest BCUT2D eigenvalue weighted by Crippen LogP contribution is -2.17. The average Bonchev–Trinajstić information content (AvgIpc) is 2.61. The number of carbonyl (C=O) groups excluding carboxylic acids is 1. The molecule has 2 heterocycles. The number of nitrogens with one attached hydrogen (secondary N) is 1. The number of nitrogens with zero attached hydrogens (tertiary/aromatic N) is 3. The van der Waals surface area contributed by atoms with E-state index in [1.165, 1.54) is 0 Å². The van der Waals surface area contributed by atoms with Crippen LogP contribution in [0.1, 0.15) is 16.1 Å². The van der Waals surface area contributed by atoms with E-state index in [-0.39, 0.29) is 11.9 Å². The monoisotopic (exact) mass is 334 g/mol. The smallest absolute Gasteiger partial charge is 0.251 e. The topological polar surface area (TPSA) is 120 Å². The van der Waals surface area contributed by atoms with Crippen LogP contribution in [0.3, 0.4) is 0 Å². The highest BCUT2D eigenvalue weighted by Gasteiger charge is 2.16. The van der Waals surface area contributed by atoms with Gasteiger partial charge in [-0.05, 0) is 31.2 Å². The molecule has 0 atom stereocenters. The third-order valence-corrected chi connectivity index (χ3v) is 3.81. The molecule has 0 fully saturated rings. The SMILES string of the molecule is CNC(=O)c1cccc(-c2nc(N)nc(C)c2-c2ccc(N)nc2)c1. The zero-order valence-corrected chi connectivity index (χ0v) is 13.9. The van der Waals surface area contributed by atoms with Gasteiger partial charge in [0.2, 0.25) is 5.95 Å². The minimum atomic E-state index is -0.170. The maximum Gasteiger partial charge on any atom is 0.251 e. The summed E-state index contributed by atoms with van der Waals surface area (Å²) in [5.41, 5.74) is 15.8. The molecule has 1 amide bonds. The van der Waals surface area contributed by atoms with Crippen molar-refractivity contribution >= 4 is 17.7 Å². The van der Waals surface area contributed by atoms with Crippen LogP contribution >= 0.6 is 0 Å². The van der Waals surface area contributed by atoms with Gasteiger partial charge in [0.1, 0.15) is 5.82 Å². The number of rotatable bonds is 3. The number of aromatic nitrogens is 3. The predicted molar refractivity (Wildman–Crippen MR) is 97.7 cm³/mol. The third-order valence-electron chi connectivity index (χ3n) is 3.81. The molecule has 0 bridgehead atoms. The fourth-order valence-corrected chi connectivity index (χ4v) is 2.65. The zero-order chi connectivity index (χ0) is 18.0. The Labute approximate surface area is 145 Å². The predicted octanol–water partition coefficient (Wildman–Crippen LogP) is 2.04. The highest BCUT2D eigenvalue weighted by Crippen LogP contribution is 2.33. The molecule has 0 saturated heterocycles. The van der Waals surface area contributed by atoms with Crippen LogP contribution in [0.4, 0.5) is 11.8 Å². The van der Waals surface area contributed by atoms with Crippen molar-refractivity contribution in [3.63, 3.8) is 0 Å². The number of anilines is 2. The summed E-state index contributed by atoms with van der Waals surface area (Å²) < 4.78 is 0. The van der Waals surface area contributed by atoms with Crippen LogP contribution in [0.2, 0.25) is 0 Å². The number of hydrogen-bond donors (Lipinski definition) is 3. The fraction of sp³-hybridized carbons (Fsp3) is 0.111. The number of nitrogen functional groups attached to an aromatic ring is 2. The summed E-state index contributed by atoms with van der Waals surface area (Å²) in [6.07, 6.45) is 1.67. The lowest BCUT2D eigenvalue weighted by atomic mass is 9.98. The maximum atomic E-state index is 11.9. The minimum Gasteiger partial charge on any atom is -0.384 e. The number of aryl methyl sites for hydroxylation is 1. The number of carbonyl (C=O) groups is 1. The summed E-state index contributed by atoms with van der Waals surface area (Å²) in [7, 11) is 1.59. The van der Waals surface area contributed by atoms with Gasteiger partial charge in [-0.3, -0.25) is 4.79 Å². The van der Waals surface area contributed by atoms with Gasteiger partial charge in [0, 0.05) is 35.5 Å². The second kappa shape index (κ2) is 6.56. The summed E-state index contributed by atoms with van der Waals surface area (Å²) in [6.45, 7) is 1.86. The summed E-state index contributed by atoms with van der Waals surface area (Å²) >= 11 is 0. The second-order valence-electron chi connectivity index (χ2n) is 5.52. The van der Waals surface area contributed by atoms with Gasteiger partial charge < -0.3 is 16.8 Å². The molecule has 1 aromatic carbocycles. The normalized spacial score (nSPS) is 10.5. The Kier molecular flexibility index (Phi) is 4.30. The molecule has 7 nitrogen and oxygen atoms in total. The quantitative estimate of drug-likeness (QED) is 0.674. The van der Waals surface area contributed by atoms with Crippen LogP contribution in [0.25, 0.3) is 22.4 Å². The van der Waals surface area contributed by atoms with Gasteiger partial charge in [-0.1, -0.05) is 12.1 Å². The van der Waals surface area contributed by atoms with Crippen molar-refractivity contribution < 1.29 is 4.79 Å². The van der Waals surface area contributed by atoms with E-state index in [4.69, 9.17) is 11.5 Å². The first kappa shape index (κ1) is 16.4. The van der Waals surface area contributed by atoms with Gasteiger partial charge in [-0.2, -0.15) is 0 Å². The summed E-state index contributed by atoms with van der Waals surface area (Å²) in [5, 5.41) is 2.61. The van der Waals surface area contributed by atoms with E-state index in [0.29, 0.717) is 17.1 Å². The van der Waals surface area contributed by atoms with Gasteiger partial charge in [0.25, 0.3) is 5.91 Å². The number of benzene rings is 1. The fourth-order valence-electron chi connectivity index (χ4n) is 2.65. The van der Waals surface area contributed by atoms with Crippen molar-refractivity contribution in [2.45, 2.75) is 6.92 Å². The molecular weight excluding hydrogens is 316 g/mol. The average molecular weight is 334 g/mol. The Morgan fingerprint density at radius 2 is 1.88 bits per heavy atom. The van der Waals surface area contributed by atoms with Crippen LogP contribution in [-0.2, 0) is 0 Å². The Hall–Kier alpha value is -3.48. The zero-order valence-electron chi connectivity index (χ0n) is 13.9. The van der Waals surface area contributed by atoms with E-state index in [2.05, 4.69) is 20.3 Å². The van der Waals surface area contributed by atoms with E-state index < -0.39 is 0 Å². The Morgan fingerprint density at radius 1 is 1.08 bits per heavy atom. The van der Waals surface area contributed by atoms with Crippen molar-refractivity contribution in [3.05, 3.63) is 53.9 Å². The minimum absolute atomic E-state index is 0.170. The van der Waals surface area contributed by atoms with E-state index in [9.17, 15) is 4.79 Å². The number of pyridine rings is 1. The molecular formula is C18H18N6O. The molecule has 126 valence electrons. The highest BCUT2D eigenvalue weighted by molar-refractivity contribution is 5.96. The summed E-state index contributed by atoms with van der Waals surface area (Å²) in [5.74, 6) is 0.433. The van der Waals surface area contributed by atoms with Gasteiger partial charge >= 0.3 is 0 Å². The molecule has 2 aromatic heterocycles. The van der Waals surface area contributed by atoms with Crippen molar-refractivity contribution in [1.29, 1.82) is 0 Å². The molecule has 0 saturated carbocycles. The molecule has 0 aliphatic rings. The van der Waals surface area contributed by atoms with E-state index >= 15 is 0 Å². The van der Waals surface area contributed by atoms with E-state index in [1.54, 1.807) is 37.5 Å². The Morgan fingerprint density at radius 3 is 2.56 bits per heavy atom. The first-order valence-electron chi connectivity index (χ1n) is 7.68. The molecule has 25 heavy (non-hydrogen) atoms. The van der Waals surface area contributed by atoms with E-state index in [1.807, 2.05) is 19.1 Å². The molecule has 0 radical (unpaired) electrons. The van der Waals surface area contributed by atoms with Crippen LogP contribution in [0, 0.1) is 6.92 Å². The molecule has 0 aliphatic heterocycles. The molecule has 5 N–H and O–H groups in total. The van der Waals surface area contributed by atoms with Gasteiger partial charge in [-0.15, -0.1) is 0 Å². The largest absolute Gasteiger partial charge is 0.384 e. The second-order valence-corrected chi connectivity index (χ2v) is 5.52. The Bertz CT molecular complexity index is 937. The van der Waals surface area contributed by atoms with Gasteiger partial charge in [-0.25, -0.2) is 15.0 Å². The lowest BCUT2D eigenvalue weighted by Gasteiger charge is -2.13. The number of nitrogens with two attached hydrogens (primary N) is 2. The number of hydrogen-bond acceptors (Lipinski definition) is 6. The molecule has 0 aliphatic carbocycles. The van der Waals surface area contributed by atoms with Gasteiger partial charge in [0.05, 0.1) is 11.4 Å². The molecule has 0 unspecified atom stereocenters. The molecule has 0 spiro atoms. The first-order valence-corrected chi connectivity index (χ1v) is 7.68. The van der Waals surface area contributed by atoms with Crippen LogP contribution in [0.15, 0.2) is 42.6 Å². The molecule has 7 heteroatoms. The van der Waals surface area contributed by atoms with Crippen LogP contribution in [0.5, 0.6) is 0 Å². The van der Waals surface area contributed by atoms with Gasteiger partial charge in [0.15, 0.2) is 0 Å². The summed E-state index contributed by atoms with van der Waals surface area (Å²) in [4.78, 5) is 24.7. The van der Waals surface area contributed by atoms with Crippen molar-refractivity contribution in [2.75, 3.05) is 18.5 Å². The lowest BCUT2D eigenvalue weighted by molar-refractivity contribution is 0.0963. The third kappa shape index (κ3) is 3.25. The summed E-state index contributed by atoms with van der Waals surface area (Å²) in [6, 6.07) is 10.8. The van der Waals surface area contributed by atoms with Crippen LogP contribution in [-0.4, -0.2) is 27.9 Å². The van der Waals surface area contributed by atoms with Crippen molar-refractivity contribution in [2.24, 2.45) is 0 Å². The Balaban J connectivity index is 2.22. The maximum absolute atomic E-state index is 11.9. The van der Waals surface area contributed by atoms with Crippen molar-refractivity contribution in [3.8, 4) is 22.4 Å². The molecule has 3 aromatic rings. The van der Waals surface area contributed by atoms with Crippen molar-refractivity contribution in [1.82, 2.24) is 20.3 Å². The number of amides is 1. The highest BCUT2D eigenvalue weighted by atomic mass is 16.1. The standard InChI is InChI=1S/C18H18N6O/c1-10-15(13-6-7-14(19)22-9-13)16(24-18(20)23-10)11-4-3-5-12(8-11)17(25)21-2/h3-9H,1-2H3,(H2,19,22)(H,21,25)(H2,20,23,24). The van der Waals surface area contributed by atoms with E-state index in [0.717, 1.165) is 22.4 Å². The van der Waals surface area contributed by atoms with Crippen LogP contribution < -0.4 is 16.8 Å². The molecule has 3 rings (SSSR count). The first-order chi connectivity index (χ1) is 12.0.